The van der Waals surface area contributed by atoms with Crippen LogP contribution in [0, 0.1) is 0 Å². The number of alkyl halides is 2. The van der Waals surface area contributed by atoms with E-state index >= 15 is 0 Å². The van der Waals surface area contributed by atoms with Crippen LogP contribution in [0.3, 0.4) is 0 Å². The zero-order valence-corrected chi connectivity index (χ0v) is 10.1. The molecule has 0 fully saturated rings. The molecule has 0 heterocycles. The molecule has 2 heteroatoms. The Balaban J connectivity index is 3.02. The topological polar surface area (TPSA) is 12.0 Å². The third-order valence-corrected chi connectivity index (χ3v) is 4.86. The van der Waals surface area contributed by atoms with Gasteiger partial charge >= 0.3 is 81.6 Å². The van der Waals surface area contributed by atoms with Gasteiger partial charge in [0, 0.05) is 0 Å². The number of rotatable bonds is 7. The van der Waals surface area contributed by atoms with Gasteiger partial charge in [-0.15, -0.1) is 0 Å². The first-order valence-electron chi connectivity index (χ1n) is 4.59. The zero-order valence-electron chi connectivity index (χ0n) is 7.99. The van der Waals surface area contributed by atoms with E-state index in [1.54, 1.807) is 0 Å². The Bertz CT molecular complexity index is 76.0. The molecule has 0 spiro atoms. The van der Waals surface area contributed by atoms with Crippen molar-refractivity contribution in [1.82, 2.24) is 5.32 Å². The van der Waals surface area contributed by atoms with E-state index in [-0.39, 0.29) is 0 Å². The van der Waals surface area contributed by atoms with E-state index < -0.39 is 0 Å². The van der Waals surface area contributed by atoms with E-state index in [2.05, 4.69) is 26.1 Å². The van der Waals surface area contributed by atoms with Crippen LogP contribution >= 0.6 is 0 Å². The van der Waals surface area contributed by atoms with Gasteiger partial charge in [-0.1, -0.05) is 0 Å². The van der Waals surface area contributed by atoms with Crippen molar-refractivity contribution in [3.05, 3.63) is 0 Å². The van der Waals surface area contributed by atoms with Crippen molar-refractivity contribution in [2.75, 3.05) is 17.5 Å². The molecule has 0 saturated carbocycles. The van der Waals surface area contributed by atoms with Gasteiger partial charge < -0.3 is 0 Å². The molecule has 0 aliphatic rings. The number of nitrogens with one attached hydrogen (secondary N) is 1. The molecule has 1 N–H and O–H groups in total. The SMILES string of the molecule is CCCC[I-][C@H](C)CNCC. The molecule has 0 aromatic heterocycles. The van der Waals surface area contributed by atoms with Gasteiger partial charge in [0.25, 0.3) is 0 Å². The van der Waals surface area contributed by atoms with Crippen molar-refractivity contribution < 1.29 is 21.2 Å². The van der Waals surface area contributed by atoms with Gasteiger partial charge in [0.15, 0.2) is 0 Å². The second kappa shape index (κ2) is 8.78. The first-order chi connectivity index (χ1) is 5.31. The fourth-order valence-electron chi connectivity index (χ4n) is 0.795. The maximum absolute atomic E-state index is 3.40. The predicted octanol–water partition coefficient (Wildman–Crippen LogP) is -1.13. The van der Waals surface area contributed by atoms with E-state index in [9.17, 15) is 0 Å². The average Bonchev–Trinajstić information content (AvgIpc) is 2.01. The zero-order chi connectivity index (χ0) is 8.53. The van der Waals surface area contributed by atoms with Crippen LogP contribution in [0.2, 0.25) is 0 Å². The van der Waals surface area contributed by atoms with Crippen molar-refractivity contribution >= 4 is 0 Å². The predicted molar refractivity (Wildman–Crippen MR) is 47.8 cm³/mol. The second-order valence-electron chi connectivity index (χ2n) is 2.79. The minimum atomic E-state index is 0.481. The van der Waals surface area contributed by atoms with Gasteiger partial charge in [0.1, 0.15) is 0 Å². The van der Waals surface area contributed by atoms with Crippen LogP contribution in [-0.2, 0) is 0 Å². The van der Waals surface area contributed by atoms with E-state index in [1.807, 2.05) is 0 Å². The Labute approximate surface area is 81.6 Å². The second-order valence-corrected chi connectivity index (χ2v) is 6.87. The molecule has 11 heavy (non-hydrogen) atoms. The Hall–Kier alpha value is 0.690. The first kappa shape index (κ1) is 11.7. The fraction of sp³-hybridized carbons (Fsp3) is 1.00. The summed E-state index contributed by atoms with van der Waals surface area (Å²) < 4.78 is 2.49. The van der Waals surface area contributed by atoms with Gasteiger partial charge in [0.05, 0.1) is 0 Å². The summed E-state index contributed by atoms with van der Waals surface area (Å²) in [5.74, 6) is 0. The van der Waals surface area contributed by atoms with Gasteiger partial charge in [0.2, 0.25) is 0 Å². The Kier molecular flexibility index (Phi) is 9.33. The summed E-state index contributed by atoms with van der Waals surface area (Å²) in [4.78, 5) is 0. The van der Waals surface area contributed by atoms with Crippen LogP contribution in [0.25, 0.3) is 0 Å². The van der Waals surface area contributed by atoms with E-state index in [0.717, 1.165) is 10.5 Å². The van der Waals surface area contributed by atoms with E-state index in [1.165, 1.54) is 23.8 Å². The summed E-state index contributed by atoms with van der Waals surface area (Å²) in [5.41, 5.74) is 0. The summed E-state index contributed by atoms with van der Waals surface area (Å²) in [6, 6.07) is 0. The van der Waals surface area contributed by atoms with Crippen LogP contribution in [-0.4, -0.2) is 21.4 Å². The normalized spacial score (nSPS) is 13.7. The molecule has 1 nitrogen and oxygen atoms in total. The number of unbranched alkanes of at least 4 members (excludes halogenated alkanes) is 1. The van der Waals surface area contributed by atoms with E-state index in [4.69, 9.17) is 0 Å². The molecule has 0 radical (unpaired) electrons. The molecule has 0 aromatic rings. The summed E-state index contributed by atoms with van der Waals surface area (Å²) in [5, 5.41) is 3.40. The summed E-state index contributed by atoms with van der Waals surface area (Å²) in [7, 11) is 0. The molecule has 0 amide bonds. The fourth-order valence-corrected chi connectivity index (χ4v) is 3.68. The Morgan fingerprint density at radius 1 is 1.36 bits per heavy atom. The number of hydrogen-bond acceptors (Lipinski definition) is 1. The van der Waals surface area contributed by atoms with Gasteiger partial charge in [-0.05, 0) is 0 Å². The quantitative estimate of drug-likeness (QED) is 0.351. The van der Waals surface area contributed by atoms with Gasteiger partial charge in [-0.3, -0.25) is 0 Å². The standard InChI is InChI=1S/C9H21IN/c1-4-6-7-10-9(3)8-11-5-2/h9,11H,4-8H2,1-3H3/q-1/t9-/m1/s1. The molecule has 0 bridgehead atoms. The molecule has 0 saturated heterocycles. The van der Waals surface area contributed by atoms with E-state index in [0.29, 0.717) is 21.2 Å². The molecule has 0 rings (SSSR count). The van der Waals surface area contributed by atoms with Crippen molar-refractivity contribution in [3.8, 4) is 0 Å². The van der Waals surface area contributed by atoms with Crippen LogP contribution < -0.4 is 26.5 Å². The number of hydrogen-bond donors (Lipinski definition) is 1. The maximum atomic E-state index is 3.40. The molecule has 70 valence electrons. The monoisotopic (exact) mass is 270 g/mol. The summed E-state index contributed by atoms with van der Waals surface area (Å²) in [6.45, 7) is 9.21. The molecule has 1 atom stereocenters. The molecular formula is C9H21IN-. The first-order valence-corrected chi connectivity index (χ1v) is 7.36. The van der Waals surface area contributed by atoms with Crippen LogP contribution in [0.15, 0.2) is 0 Å². The Morgan fingerprint density at radius 2 is 2.09 bits per heavy atom. The minimum absolute atomic E-state index is 0.481. The molecule has 0 unspecified atom stereocenters. The van der Waals surface area contributed by atoms with Crippen molar-refractivity contribution in [3.63, 3.8) is 0 Å². The molecular weight excluding hydrogens is 249 g/mol. The number of halogens is 1. The van der Waals surface area contributed by atoms with Crippen LogP contribution in [0.4, 0.5) is 0 Å². The third-order valence-electron chi connectivity index (χ3n) is 1.54. The Morgan fingerprint density at radius 3 is 2.64 bits per heavy atom. The van der Waals surface area contributed by atoms with Crippen LogP contribution in [0.5, 0.6) is 0 Å². The molecule has 0 aromatic carbocycles. The van der Waals surface area contributed by atoms with Crippen molar-refractivity contribution in [1.29, 1.82) is 0 Å². The molecule has 0 aliphatic carbocycles. The third kappa shape index (κ3) is 8.60. The van der Waals surface area contributed by atoms with Crippen molar-refractivity contribution in [2.45, 2.75) is 37.5 Å². The average molecular weight is 270 g/mol. The summed E-state index contributed by atoms with van der Waals surface area (Å²) in [6.07, 6.45) is 2.82. The van der Waals surface area contributed by atoms with Gasteiger partial charge in [-0.25, -0.2) is 0 Å². The summed E-state index contributed by atoms with van der Waals surface area (Å²) >= 11 is 0.481. The van der Waals surface area contributed by atoms with Gasteiger partial charge in [-0.2, -0.15) is 0 Å². The van der Waals surface area contributed by atoms with Crippen LogP contribution in [0.1, 0.15) is 33.6 Å². The van der Waals surface area contributed by atoms with Crippen molar-refractivity contribution in [2.24, 2.45) is 0 Å². The molecule has 0 aliphatic heterocycles.